The summed E-state index contributed by atoms with van der Waals surface area (Å²) in [6.07, 6.45) is -3.19. The molecule has 21 heavy (non-hydrogen) atoms. The summed E-state index contributed by atoms with van der Waals surface area (Å²) in [6, 6.07) is 9.21. The van der Waals surface area contributed by atoms with Crippen LogP contribution in [0.1, 0.15) is 23.2 Å². The molecule has 8 heteroatoms. The van der Waals surface area contributed by atoms with Gasteiger partial charge in [-0.3, -0.25) is 4.79 Å². The van der Waals surface area contributed by atoms with E-state index >= 15 is 0 Å². The Morgan fingerprint density at radius 1 is 1.14 bits per heavy atom. The number of halogens is 3. The quantitative estimate of drug-likeness (QED) is 0.723. The molecule has 4 N–H and O–H groups in total. The van der Waals surface area contributed by atoms with Gasteiger partial charge in [0.25, 0.3) is 5.91 Å². The monoisotopic (exact) mass is 306 g/mol. The Kier molecular flexibility index (Phi) is 8.79. The Morgan fingerprint density at radius 3 is 2.10 bits per heavy atom. The second-order valence-electron chi connectivity index (χ2n) is 3.92. The molecule has 0 saturated carbocycles. The molecule has 0 atom stereocenters. The van der Waals surface area contributed by atoms with Crippen LogP contribution in [-0.4, -0.2) is 36.2 Å². The van der Waals surface area contributed by atoms with Crippen LogP contribution in [-0.2, 0) is 4.79 Å². The second kappa shape index (κ2) is 9.76. The van der Waals surface area contributed by atoms with Crippen molar-refractivity contribution in [3.63, 3.8) is 0 Å². The van der Waals surface area contributed by atoms with Gasteiger partial charge >= 0.3 is 12.1 Å². The van der Waals surface area contributed by atoms with Crippen molar-refractivity contribution in [2.24, 2.45) is 5.73 Å². The molecule has 0 aliphatic heterocycles. The van der Waals surface area contributed by atoms with Crippen LogP contribution in [0.5, 0.6) is 0 Å². The standard InChI is InChI=1S/C11H16N2O.C2HF3O2/c12-8-4-5-9-13-11(14)10-6-2-1-3-7-10;3-2(4,5)1(6)7/h1-3,6-7H,4-5,8-9,12H2,(H,13,14);(H,6,7). The van der Waals surface area contributed by atoms with E-state index in [-0.39, 0.29) is 5.91 Å². The average molecular weight is 306 g/mol. The molecule has 1 amide bonds. The predicted octanol–water partition coefficient (Wildman–Crippen LogP) is 1.79. The normalized spacial score (nSPS) is 10.3. The topological polar surface area (TPSA) is 92.4 Å². The zero-order valence-electron chi connectivity index (χ0n) is 11.2. The summed E-state index contributed by atoms with van der Waals surface area (Å²) in [5.41, 5.74) is 6.05. The Labute approximate surface area is 119 Å². The van der Waals surface area contributed by atoms with Gasteiger partial charge in [-0.25, -0.2) is 4.79 Å². The van der Waals surface area contributed by atoms with Gasteiger partial charge < -0.3 is 16.2 Å². The van der Waals surface area contributed by atoms with Gasteiger partial charge in [0, 0.05) is 12.1 Å². The van der Waals surface area contributed by atoms with Crippen molar-refractivity contribution in [2.75, 3.05) is 13.1 Å². The van der Waals surface area contributed by atoms with E-state index in [1.54, 1.807) is 12.1 Å². The first-order valence-electron chi connectivity index (χ1n) is 6.12. The molecule has 0 aliphatic rings. The lowest BCUT2D eigenvalue weighted by molar-refractivity contribution is -0.192. The maximum Gasteiger partial charge on any atom is 0.490 e. The van der Waals surface area contributed by atoms with Crippen molar-refractivity contribution in [1.82, 2.24) is 5.32 Å². The zero-order valence-corrected chi connectivity index (χ0v) is 11.2. The fraction of sp³-hybridized carbons (Fsp3) is 0.385. The van der Waals surface area contributed by atoms with E-state index in [1.165, 1.54) is 0 Å². The van der Waals surface area contributed by atoms with E-state index in [4.69, 9.17) is 15.6 Å². The van der Waals surface area contributed by atoms with E-state index in [0.29, 0.717) is 18.7 Å². The van der Waals surface area contributed by atoms with Gasteiger partial charge in [-0.05, 0) is 31.5 Å². The fourth-order valence-electron chi connectivity index (χ4n) is 1.16. The molecule has 118 valence electrons. The van der Waals surface area contributed by atoms with E-state index in [0.717, 1.165) is 12.8 Å². The van der Waals surface area contributed by atoms with Gasteiger partial charge in [-0.2, -0.15) is 13.2 Å². The minimum Gasteiger partial charge on any atom is -0.475 e. The molecule has 5 nitrogen and oxygen atoms in total. The highest BCUT2D eigenvalue weighted by molar-refractivity contribution is 5.94. The Bertz CT molecular complexity index is 436. The van der Waals surface area contributed by atoms with Gasteiger partial charge in [0.1, 0.15) is 0 Å². The Balaban J connectivity index is 0.000000486. The highest BCUT2D eigenvalue weighted by atomic mass is 19.4. The largest absolute Gasteiger partial charge is 0.490 e. The van der Waals surface area contributed by atoms with Crippen molar-refractivity contribution in [3.05, 3.63) is 35.9 Å². The van der Waals surface area contributed by atoms with E-state index < -0.39 is 12.1 Å². The summed E-state index contributed by atoms with van der Waals surface area (Å²) in [6.45, 7) is 1.38. The Hall–Kier alpha value is -2.09. The molecular weight excluding hydrogens is 289 g/mol. The zero-order chi connectivity index (χ0) is 16.3. The number of aliphatic carboxylic acids is 1. The molecule has 0 unspecified atom stereocenters. The number of nitrogens with two attached hydrogens (primary N) is 1. The van der Waals surface area contributed by atoms with Crippen LogP contribution in [0.15, 0.2) is 30.3 Å². The molecule has 0 fully saturated rings. The van der Waals surface area contributed by atoms with Gasteiger partial charge in [0.2, 0.25) is 0 Å². The summed E-state index contributed by atoms with van der Waals surface area (Å²) in [4.78, 5) is 20.4. The lowest BCUT2D eigenvalue weighted by atomic mass is 10.2. The number of carboxylic acids is 1. The summed E-state index contributed by atoms with van der Waals surface area (Å²) < 4.78 is 31.7. The third-order valence-corrected chi connectivity index (χ3v) is 2.19. The van der Waals surface area contributed by atoms with Crippen LogP contribution in [0.25, 0.3) is 0 Å². The SMILES string of the molecule is NCCCCNC(=O)c1ccccc1.O=C(O)C(F)(F)F. The first-order chi connectivity index (χ1) is 9.79. The second-order valence-corrected chi connectivity index (χ2v) is 3.92. The van der Waals surface area contributed by atoms with Gasteiger partial charge in [-0.1, -0.05) is 18.2 Å². The summed E-state index contributed by atoms with van der Waals surface area (Å²) in [5, 5.41) is 9.96. The number of amides is 1. The highest BCUT2D eigenvalue weighted by Gasteiger charge is 2.38. The number of alkyl halides is 3. The van der Waals surface area contributed by atoms with E-state index in [2.05, 4.69) is 5.32 Å². The van der Waals surface area contributed by atoms with Crippen molar-refractivity contribution in [2.45, 2.75) is 19.0 Å². The van der Waals surface area contributed by atoms with Crippen LogP contribution < -0.4 is 11.1 Å². The lowest BCUT2D eigenvalue weighted by Crippen LogP contribution is -2.24. The lowest BCUT2D eigenvalue weighted by Gasteiger charge is -2.03. The van der Waals surface area contributed by atoms with Crippen molar-refractivity contribution in [3.8, 4) is 0 Å². The first kappa shape index (κ1) is 18.9. The smallest absolute Gasteiger partial charge is 0.475 e. The van der Waals surface area contributed by atoms with E-state index in [1.807, 2.05) is 18.2 Å². The van der Waals surface area contributed by atoms with Crippen molar-refractivity contribution in [1.29, 1.82) is 0 Å². The summed E-state index contributed by atoms with van der Waals surface area (Å²) in [5.74, 6) is -2.77. The molecule has 0 heterocycles. The van der Waals surface area contributed by atoms with Crippen molar-refractivity contribution < 1.29 is 27.9 Å². The molecule has 1 rings (SSSR count). The molecule has 0 radical (unpaired) electrons. The average Bonchev–Trinajstić information content (AvgIpc) is 2.44. The van der Waals surface area contributed by atoms with Gasteiger partial charge in [0.05, 0.1) is 0 Å². The molecule has 1 aromatic rings. The fourth-order valence-corrected chi connectivity index (χ4v) is 1.16. The number of benzene rings is 1. The molecule has 0 aliphatic carbocycles. The minimum atomic E-state index is -5.08. The number of carbonyl (C=O) groups is 2. The third-order valence-electron chi connectivity index (χ3n) is 2.19. The maximum atomic E-state index is 11.5. The molecule has 0 saturated heterocycles. The molecular formula is C13H17F3N2O3. The van der Waals surface area contributed by atoms with E-state index in [9.17, 15) is 18.0 Å². The molecule has 0 bridgehead atoms. The van der Waals surface area contributed by atoms with Crippen molar-refractivity contribution >= 4 is 11.9 Å². The predicted molar refractivity (Wildman–Crippen MR) is 70.8 cm³/mol. The highest BCUT2D eigenvalue weighted by Crippen LogP contribution is 2.13. The van der Waals surface area contributed by atoms with Crippen LogP contribution >= 0.6 is 0 Å². The maximum absolute atomic E-state index is 11.5. The number of hydrogen-bond donors (Lipinski definition) is 3. The number of nitrogens with one attached hydrogen (secondary N) is 1. The number of unbranched alkanes of at least 4 members (excludes halogenated alkanes) is 1. The Morgan fingerprint density at radius 2 is 1.67 bits per heavy atom. The minimum absolute atomic E-state index is 0.0115. The van der Waals surface area contributed by atoms with Crippen LogP contribution in [0.2, 0.25) is 0 Å². The summed E-state index contributed by atoms with van der Waals surface area (Å²) in [7, 11) is 0. The van der Waals surface area contributed by atoms with Crippen LogP contribution in [0.3, 0.4) is 0 Å². The van der Waals surface area contributed by atoms with Gasteiger partial charge in [-0.15, -0.1) is 0 Å². The number of carbonyl (C=O) groups excluding carboxylic acids is 1. The number of carboxylic acid groups (broad SMARTS) is 1. The third kappa shape index (κ3) is 9.44. The molecule has 0 spiro atoms. The number of hydrogen-bond acceptors (Lipinski definition) is 3. The van der Waals surface area contributed by atoms with Crippen LogP contribution in [0.4, 0.5) is 13.2 Å². The van der Waals surface area contributed by atoms with Gasteiger partial charge in [0.15, 0.2) is 0 Å². The first-order valence-corrected chi connectivity index (χ1v) is 6.12. The number of rotatable bonds is 5. The molecule has 0 aromatic heterocycles. The van der Waals surface area contributed by atoms with Crippen LogP contribution in [0, 0.1) is 0 Å². The summed E-state index contributed by atoms with van der Waals surface area (Å²) >= 11 is 0. The molecule has 1 aromatic carbocycles.